The summed E-state index contributed by atoms with van der Waals surface area (Å²) in [5.41, 5.74) is 2.18. The van der Waals surface area contributed by atoms with Crippen LogP contribution in [-0.2, 0) is 6.61 Å². The predicted molar refractivity (Wildman–Crippen MR) is 105 cm³/mol. The Morgan fingerprint density at radius 2 is 2.07 bits per heavy atom. The fraction of sp³-hybridized carbons (Fsp3) is 0.476. The molecule has 0 bridgehead atoms. The van der Waals surface area contributed by atoms with Gasteiger partial charge in [-0.2, -0.15) is 4.98 Å². The van der Waals surface area contributed by atoms with E-state index < -0.39 is 0 Å². The van der Waals surface area contributed by atoms with Crippen LogP contribution < -0.4 is 15.4 Å². The summed E-state index contributed by atoms with van der Waals surface area (Å²) in [6.45, 7) is 0.922. The van der Waals surface area contributed by atoms with Gasteiger partial charge in [0, 0.05) is 18.2 Å². The van der Waals surface area contributed by atoms with Crippen molar-refractivity contribution < 1.29 is 14.1 Å². The number of urea groups is 1. The second-order valence-electron chi connectivity index (χ2n) is 7.38. The van der Waals surface area contributed by atoms with Gasteiger partial charge in [-0.1, -0.05) is 16.8 Å². The standard InChI is InChI=1S/C21H26N4O3/c26-21(22-13-12-15-4-2-1-3-5-15)23-17-8-10-18(11-9-17)27-14-19-24-20(28-25-19)16-6-7-16/h4,8-11,16H,1-3,5-7,12-14H2,(H2,22,23,26). The third-order valence-electron chi connectivity index (χ3n) is 5.01. The Bertz CT molecular complexity index is 824. The van der Waals surface area contributed by atoms with Crippen LogP contribution in [0.15, 0.2) is 40.4 Å². The largest absolute Gasteiger partial charge is 0.485 e. The van der Waals surface area contributed by atoms with Crippen molar-refractivity contribution in [2.24, 2.45) is 0 Å². The van der Waals surface area contributed by atoms with Crippen molar-refractivity contribution in [2.75, 3.05) is 11.9 Å². The van der Waals surface area contributed by atoms with E-state index in [2.05, 4.69) is 26.9 Å². The summed E-state index contributed by atoms with van der Waals surface area (Å²) in [5, 5.41) is 9.68. The molecule has 0 saturated heterocycles. The highest BCUT2D eigenvalue weighted by Gasteiger charge is 2.29. The first kappa shape index (κ1) is 18.5. The van der Waals surface area contributed by atoms with Crippen LogP contribution in [0.2, 0.25) is 0 Å². The highest BCUT2D eigenvalue weighted by atomic mass is 16.5. The molecule has 148 valence electrons. The van der Waals surface area contributed by atoms with Gasteiger partial charge in [-0.15, -0.1) is 0 Å². The number of ether oxygens (including phenoxy) is 1. The number of anilines is 1. The molecule has 0 atom stereocenters. The number of rotatable bonds is 8. The first-order chi connectivity index (χ1) is 13.8. The molecule has 1 aromatic carbocycles. The number of hydrogen-bond acceptors (Lipinski definition) is 5. The van der Waals surface area contributed by atoms with Gasteiger partial charge < -0.3 is 19.9 Å². The van der Waals surface area contributed by atoms with Crippen molar-refractivity contribution in [1.82, 2.24) is 15.5 Å². The highest BCUT2D eigenvalue weighted by Crippen LogP contribution is 2.38. The Morgan fingerprint density at radius 3 is 2.82 bits per heavy atom. The van der Waals surface area contributed by atoms with Crippen LogP contribution in [0.1, 0.15) is 62.6 Å². The number of carbonyl (C=O) groups is 1. The number of benzene rings is 1. The van der Waals surface area contributed by atoms with E-state index >= 15 is 0 Å². The van der Waals surface area contributed by atoms with E-state index in [1.54, 1.807) is 0 Å². The molecule has 0 spiro atoms. The maximum Gasteiger partial charge on any atom is 0.319 e. The lowest BCUT2D eigenvalue weighted by Crippen LogP contribution is -2.29. The van der Waals surface area contributed by atoms with Gasteiger partial charge in [0.05, 0.1) is 0 Å². The SMILES string of the molecule is O=C(NCCC1=CCCCC1)Nc1ccc(OCc2noc(C3CC3)n2)cc1. The van der Waals surface area contributed by atoms with Gasteiger partial charge in [-0.25, -0.2) is 4.79 Å². The molecule has 28 heavy (non-hydrogen) atoms. The molecule has 2 amide bonds. The Labute approximate surface area is 164 Å². The van der Waals surface area contributed by atoms with Gasteiger partial charge in [-0.3, -0.25) is 0 Å². The third-order valence-corrected chi connectivity index (χ3v) is 5.01. The number of carbonyl (C=O) groups excluding carboxylic acids is 1. The molecule has 2 aliphatic rings. The molecule has 1 fully saturated rings. The zero-order chi connectivity index (χ0) is 19.2. The molecule has 2 aliphatic carbocycles. The minimum absolute atomic E-state index is 0.190. The molecule has 0 aliphatic heterocycles. The fourth-order valence-electron chi connectivity index (χ4n) is 3.25. The fourth-order valence-corrected chi connectivity index (χ4v) is 3.25. The zero-order valence-electron chi connectivity index (χ0n) is 15.9. The van der Waals surface area contributed by atoms with E-state index in [1.807, 2.05) is 24.3 Å². The van der Waals surface area contributed by atoms with Crippen LogP contribution in [0.4, 0.5) is 10.5 Å². The van der Waals surface area contributed by atoms with Crippen LogP contribution in [0.3, 0.4) is 0 Å². The van der Waals surface area contributed by atoms with Crippen LogP contribution >= 0.6 is 0 Å². The molecule has 2 aromatic rings. The second kappa shape index (κ2) is 8.91. The number of hydrogen-bond donors (Lipinski definition) is 2. The molecule has 1 heterocycles. The van der Waals surface area contributed by atoms with E-state index in [4.69, 9.17) is 9.26 Å². The van der Waals surface area contributed by atoms with E-state index in [9.17, 15) is 4.79 Å². The Balaban J connectivity index is 1.18. The highest BCUT2D eigenvalue weighted by molar-refractivity contribution is 5.89. The third kappa shape index (κ3) is 5.34. The van der Waals surface area contributed by atoms with E-state index in [-0.39, 0.29) is 12.6 Å². The number of amides is 2. The van der Waals surface area contributed by atoms with Crippen molar-refractivity contribution in [3.63, 3.8) is 0 Å². The maximum atomic E-state index is 12.0. The van der Waals surface area contributed by atoms with Gasteiger partial charge >= 0.3 is 6.03 Å². The smallest absolute Gasteiger partial charge is 0.319 e. The van der Waals surface area contributed by atoms with E-state index in [0.29, 0.717) is 29.9 Å². The van der Waals surface area contributed by atoms with Gasteiger partial charge in [0.15, 0.2) is 6.61 Å². The molecular formula is C21H26N4O3. The Hall–Kier alpha value is -2.83. The van der Waals surface area contributed by atoms with Crippen LogP contribution in [-0.4, -0.2) is 22.7 Å². The van der Waals surface area contributed by atoms with Gasteiger partial charge in [0.1, 0.15) is 5.75 Å². The summed E-state index contributed by atoms with van der Waals surface area (Å²) in [5.74, 6) is 2.39. The lowest BCUT2D eigenvalue weighted by molar-refractivity contribution is 0.252. The van der Waals surface area contributed by atoms with Gasteiger partial charge in [-0.05, 0) is 69.2 Å². The first-order valence-corrected chi connectivity index (χ1v) is 10.0. The normalized spacial score (nSPS) is 16.4. The first-order valence-electron chi connectivity index (χ1n) is 10.0. The average Bonchev–Trinajstić information content (AvgIpc) is 3.46. The summed E-state index contributed by atoms with van der Waals surface area (Å²) >= 11 is 0. The van der Waals surface area contributed by atoms with Crippen molar-refractivity contribution in [2.45, 2.75) is 57.5 Å². The van der Waals surface area contributed by atoms with Crippen LogP contribution in [0, 0.1) is 0 Å². The van der Waals surface area contributed by atoms with Crippen molar-refractivity contribution in [1.29, 1.82) is 0 Å². The lowest BCUT2D eigenvalue weighted by Gasteiger charge is -2.13. The van der Waals surface area contributed by atoms with Crippen molar-refractivity contribution in [3.05, 3.63) is 47.6 Å². The molecule has 7 nitrogen and oxygen atoms in total. The van der Waals surface area contributed by atoms with Crippen LogP contribution in [0.5, 0.6) is 5.75 Å². The average molecular weight is 382 g/mol. The van der Waals surface area contributed by atoms with Crippen LogP contribution in [0.25, 0.3) is 0 Å². The Kier molecular flexibility index (Phi) is 5.89. The minimum atomic E-state index is -0.190. The maximum absolute atomic E-state index is 12.0. The number of nitrogens with one attached hydrogen (secondary N) is 2. The molecule has 1 saturated carbocycles. The summed E-state index contributed by atoms with van der Waals surface area (Å²) < 4.78 is 10.9. The summed E-state index contributed by atoms with van der Waals surface area (Å²) in [4.78, 5) is 16.3. The number of nitrogens with zero attached hydrogens (tertiary/aromatic N) is 2. The molecule has 2 N–H and O–H groups in total. The van der Waals surface area contributed by atoms with Crippen molar-refractivity contribution in [3.8, 4) is 5.75 Å². The van der Waals surface area contributed by atoms with Gasteiger partial charge in [0.25, 0.3) is 0 Å². The molecule has 7 heteroatoms. The van der Waals surface area contributed by atoms with Crippen molar-refractivity contribution >= 4 is 11.7 Å². The Morgan fingerprint density at radius 1 is 1.21 bits per heavy atom. The number of allylic oxidation sites excluding steroid dienone is 1. The molecule has 0 unspecified atom stereocenters. The summed E-state index contributed by atoms with van der Waals surface area (Å²) in [7, 11) is 0. The minimum Gasteiger partial charge on any atom is -0.485 e. The van der Waals surface area contributed by atoms with E-state index in [0.717, 1.165) is 31.4 Å². The molecule has 4 rings (SSSR count). The second-order valence-corrected chi connectivity index (χ2v) is 7.38. The number of aromatic nitrogens is 2. The molecular weight excluding hydrogens is 356 g/mol. The quantitative estimate of drug-likeness (QED) is 0.654. The van der Waals surface area contributed by atoms with E-state index in [1.165, 1.54) is 24.8 Å². The summed E-state index contributed by atoms with van der Waals surface area (Å²) in [6, 6.07) is 7.05. The zero-order valence-corrected chi connectivity index (χ0v) is 15.9. The summed E-state index contributed by atoms with van der Waals surface area (Å²) in [6.07, 6.45) is 10.4. The molecule has 0 radical (unpaired) electrons. The monoisotopic (exact) mass is 382 g/mol. The van der Waals surface area contributed by atoms with Gasteiger partial charge in [0.2, 0.25) is 11.7 Å². The topological polar surface area (TPSA) is 89.3 Å². The molecule has 1 aromatic heterocycles. The predicted octanol–water partition coefficient (Wildman–Crippen LogP) is 4.54. The lowest BCUT2D eigenvalue weighted by atomic mass is 9.97.